The van der Waals surface area contributed by atoms with Gasteiger partial charge in [-0.1, -0.05) is 29.8 Å². The number of ether oxygens (including phenoxy) is 2. The molecular weight excluding hydrogens is 216 g/mol. The Bertz CT molecular complexity index is 427. The molecule has 17 heavy (non-hydrogen) atoms. The number of epoxide rings is 1. The van der Waals surface area contributed by atoms with Crippen LogP contribution in [0.4, 0.5) is 0 Å². The average molecular weight is 232 g/mol. The second kappa shape index (κ2) is 3.84. The summed E-state index contributed by atoms with van der Waals surface area (Å²) >= 11 is 0. The van der Waals surface area contributed by atoms with Crippen molar-refractivity contribution in [1.82, 2.24) is 0 Å². The van der Waals surface area contributed by atoms with E-state index in [9.17, 15) is 4.79 Å². The van der Waals surface area contributed by atoms with Crippen molar-refractivity contribution in [3.63, 3.8) is 0 Å². The van der Waals surface area contributed by atoms with Crippen molar-refractivity contribution in [2.45, 2.75) is 25.4 Å². The summed E-state index contributed by atoms with van der Waals surface area (Å²) in [6, 6.07) is 7.88. The molecular formula is C14H16O3. The fraction of sp³-hybridized carbons (Fsp3) is 0.500. The van der Waals surface area contributed by atoms with Crippen LogP contribution in [-0.4, -0.2) is 19.2 Å². The first kappa shape index (κ1) is 10.8. The van der Waals surface area contributed by atoms with E-state index in [4.69, 9.17) is 9.47 Å². The Morgan fingerprint density at radius 3 is 2.59 bits per heavy atom. The van der Waals surface area contributed by atoms with Gasteiger partial charge >= 0.3 is 5.97 Å². The molecule has 1 aliphatic heterocycles. The monoisotopic (exact) mass is 232 g/mol. The Hall–Kier alpha value is -1.35. The Morgan fingerprint density at radius 2 is 2.06 bits per heavy atom. The quantitative estimate of drug-likeness (QED) is 0.590. The van der Waals surface area contributed by atoms with Crippen LogP contribution in [-0.2, 0) is 19.9 Å². The summed E-state index contributed by atoms with van der Waals surface area (Å²) in [5.41, 5.74) is 1.28. The van der Waals surface area contributed by atoms with Crippen molar-refractivity contribution in [3.8, 4) is 0 Å². The summed E-state index contributed by atoms with van der Waals surface area (Å²) in [6.07, 6.45) is 2.37. The van der Waals surface area contributed by atoms with Crippen molar-refractivity contribution >= 4 is 5.97 Å². The summed E-state index contributed by atoms with van der Waals surface area (Å²) in [4.78, 5) is 12.0. The van der Waals surface area contributed by atoms with E-state index in [1.807, 2.05) is 31.2 Å². The highest BCUT2D eigenvalue weighted by Gasteiger charge is 2.55. The van der Waals surface area contributed by atoms with Gasteiger partial charge in [0.15, 0.2) is 0 Å². The van der Waals surface area contributed by atoms with E-state index < -0.39 is 5.60 Å². The third-order valence-corrected chi connectivity index (χ3v) is 3.43. The largest absolute Gasteiger partial charge is 0.463 e. The van der Waals surface area contributed by atoms with Gasteiger partial charge in [0.1, 0.15) is 0 Å². The summed E-state index contributed by atoms with van der Waals surface area (Å²) in [7, 11) is 0. The van der Waals surface area contributed by atoms with Crippen LogP contribution in [0.3, 0.4) is 0 Å². The van der Waals surface area contributed by atoms with Gasteiger partial charge in [0.05, 0.1) is 13.2 Å². The molecule has 0 aromatic heterocycles. The van der Waals surface area contributed by atoms with Crippen LogP contribution < -0.4 is 0 Å². The number of hydrogen-bond donors (Lipinski definition) is 0. The van der Waals surface area contributed by atoms with E-state index in [2.05, 4.69) is 0 Å². The molecule has 2 fully saturated rings. The molecule has 1 saturated carbocycles. The number of hydrogen-bond acceptors (Lipinski definition) is 3. The lowest BCUT2D eigenvalue weighted by Crippen LogP contribution is -2.25. The van der Waals surface area contributed by atoms with Gasteiger partial charge in [-0.25, -0.2) is 4.79 Å². The van der Waals surface area contributed by atoms with Crippen molar-refractivity contribution < 1.29 is 14.3 Å². The molecule has 1 unspecified atom stereocenters. The molecule has 2 aliphatic rings. The first-order valence-electron chi connectivity index (χ1n) is 6.09. The highest BCUT2D eigenvalue weighted by molar-refractivity contribution is 5.84. The molecule has 0 radical (unpaired) electrons. The number of carbonyl (C=O) groups is 1. The van der Waals surface area contributed by atoms with E-state index in [0.717, 1.165) is 5.56 Å². The molecule has 0 bridgehead atoms. The predicted octanol–water partition coefficient (Wildman–Crippen LogP) is 2.17. The van der Waals surface area contributed by atoms with E-state index in [-0.39, 0.29) is 5.97 Å². The van der Waals surface area contributed by atoms with Crippen LogP contribution in [0.2, 0.25) is 0 Å². The molecule has 1 atom stereocenters. The van der Waals surface area contributed by atoms with E-state index >= 15 is 0 Å². The van der Waals surface area contributed by atoms with Gasteiger partial charge in [-0.15, -0.1) is 0 Å². The first-order valence-corrected chi connectivity index (χ1v) is 6.09. The molecule has 1 aromatic carbocycles. The number of aryl methyl sites for hydroxylation is 1. The molecule has 90 valence electrons. The molecule has 3 rings (SSSR count). The Labute approximate surface area is 101 Å². The van der Waals surface area contributed by atoms with Gasteiger partial charge in [-0.2, -0.15) is 0 Å². The second-order valence-corrected chi connectivity index (χ2v) is 5.02. The van der Waals surface area contributed by atoms with Gasteiger partial charge in [0.25, 0.3) is 0 Å². The molecule has 3 nitrogen and oxygen atoms in total. The predicted molar refractivity (Wildman–Crippen MR) is 62.5 cm³/mol. The zero-order chi connectivity index (χ0) is 11.9. The minimum absolute atomic E-state index is 0.228. The van der Waals surface area contributed by atoms with E-state index in [1.54, 1.807) is 0 Å². The van der Waals surface area contributed by atoms with Crippen LogP contribution in [0.25, 0.3) is 0 Å². The van der Waals surface area contributed by atoms with Gasteiger partial charge in [0.2, 0.25) is 5.60 Å². The summed E-state index contributed by atoms with van der Waals surface area (Å²) < 4.78 is 10.7. The van der Waals surface area contributed by atoms with Crippen LogP contribution in [0.15, 0.2) is 24.3 Å². The topological polar surface area (TPSA) is 38.8 Å². The zero-order valence-corrected chi connectivity index (χ0v) is 9.94. The lowest BCUT2D eigenvalue weighted by molar-refractivity contribution is -0.151. The maximum atomic E-state index is 12.0. The fourth-order valence-corrected chi connectivity index (χ4v) is 1.89. The van der Waals surface area contributed by atoms with Crippen LogP contribution >= 0.6 is 0 Å². The Morgan fingerprint density at radius 1 is 1.41 bits per heavy atom. The molecule has 1 heterocycles. The first-order chi connectivity index (χ1) is 8.21. The normalized spacial score (nSPS) is 26.6. The van der Waals surface area contributed by atoms with Crippen molar-refractivity contribution in [1.29, 1.82) is 0 Å². The second-order valence-electron chi connectivity index (χ2n) is 5.02. The molecule has 1 saturated heterocycles. The number of esters is 1. The maximum absolute atomic E-state index is 12.0. The zero-order valence-electron chi connectivity index (χ0n) is 9.94. The lowest BCUT2D eigenvalue weighted by atomic mass is 9.99. The van der Waals surface area contributed by atoms with Crippen LogP contribution in [0.5, 0.6) is 0 Å². The highest BCUT2D eigenvalue weighted by atomic mass is 16.6. The summed E-state index contributed by atoms with van der Waals surface area (Å²) in [6.45, 7) is 3.02. The lowest BCUT2D eigenvalue weighted by Gasteiger charge is -2.12. The van der Waals surface area contributed by atoms with Crippen molar-refractivity contribution in [3.05, 3.63) is 35.4 Å². The Kier molecular flexibility index (Phi) is 2.44. The third kappa shape index (κ3) is 2.07. The van der Waals surface area contributed by atoms with Gasteiger partial charge in [-0.05, 0) is 31.2 Å². The molecule has 1 aliphatic carbocycles. The summed E-state index contributed by atoms with van der Waals surface area (Å²) in [5, 5.41) is 0. The summed E-state index contributed by atoms with van der Waals surface area (Å²) in [5.74, 6) is 0.362. The molecule has 0 N–H and O–H groups in total. The SMILES string of the molecule is Cc1ccc(C2(C(=O)OCC3CC3)CO2)cc1. The fourth-order valence-electron chi connectivity index (χ4n) is 1.89. The molecule has 3 heteroatoms. The average Bonchev–Trinajstić information content (AvgIpc) is 3.20. The number of benzene rings is 1. The van der Waals surface area contributed by atoms with Crippen LogP contribution in [0.1, 0.15) is 24.0 Å². The minimum atomic E-state index is -0.803. The molecule has 1 aromatic rings. The van der Waals surface area contributed by atoms with E-state index in [1.165, 1.54) is 18.4 Å². The smallest absolute Gasteiger partial charge is 0.345 e. The van der Waals surface area contributed by atoms with Crippen molar-refractivity contribution in [2.75, 3.05) is 13.2 Å². The van der Waals surface area contributed by atoms with Gasteiger partial charge in [0, 0.05) is 0 Å². The molecule has 0 amide bonds. The van der Waals surface area contributed by atoms with Crippen LogP contribution in [0, 0.1) is 12.8 Å². The Balaban J connectivity index is 1.71. The van der Waals surface area contributed by atoms with Gasteiger partial charge in [-0.3, -0.25) is 0 Å². The standard InChI is InChI=1S/C14H16O3/c1-10-2-6-12(7-3-10)14(9-17-14)13(15)16-8-11-4-5-11/h2-3,6-7,11H,4-5,8-9H2,1H3. The third-order valence-electron chi connectivity index (χ3n) is 3.43. The number of carbonyl (C=O) groups excluding carboxylic acids is 1. The highest BCUT2D eigenvalue weighted by Crippen LogP contribution is 2.40. The van der Waals surface area contributed by atoms with Crippen molar-refractivity contribution in [2.24, 2.45) is 5.92 Å². The van der Waals surface area contributed by atoms with E-state index in [0.29, 0.717) is 19.1 Å². The maximum Gasteiger partial charge on any atom is 0.345 e. The van der Waals surface area contributed by atoms with Gasteiger partial charge < -0.3 is 9.47 Å². The number of rotatable bonds is 4. The molecule has 0 spiro atoms. The minimum Gasteiger partial charge on any atom is -0.463 e.